The normalized spacial score (nSPS) is 12.3. The Bertz CT molecular complexity index is 2100. The van der Waals surface area contributed by atoms with Crippen molar-refractivity contribution in [2.75, 3.05) is 0 Å². The van der Waals surface area contributed by atoms with Crippen LogP contribution >= 0.6 is 11.3 Å². The first-order chi connectivity index (χ1) is 20.5. The zero-order valence-electron chi connectivity index (χ0n) is 23.2. The summed E-state index contributed by atoms with van der Waals surface area (Å²) in [5.41, 5.74) is -6.77. The monoisotopic (exact) mass is 635 g/mol. The number of carbonyl (C=O) groups is 2. The molecule has 3 aromatic heterocycles. The number of thiophene rings is 1. The van der Waals surface area contributed by atoms with Gasteiger partial charge in [0.2, 0.25) is 0 Å². The number of benzene rings is 2. The smallest absolute Gasteiger partial charge is 0.423 e. The molecule has 0 unspecified atom stereocenters. The van der Waals surface area contributed by atoms with Crippen LogP contribution in [0.2, 0.25) is 0 Å². The van der Waals surface area contributed by atoms with E-state index in [4.69, 9.17) is 4.74 Å². The average Bonchev–Trinajstić information content (AvgIpc) is 3.51. The second kappa shape index (κ2) is 10.7. The molecular formula is C29H22F5N3O6S. The van der Waals surface area contributed by atoms with E-state index in [2.05, 4.69) is 0 Å². The highest BCUT2D eigenvalue weighted by atomic mass is 32.1. The van der Waals surface area contributed by atoms with E-state index in [-0.39, 0.29) is 28.4 Å². The fraction of sp³-hybridized carbons (Fsp3) is 0.241. The molecule has 5 aromatic rings. The number of aryl methyl sites for hydroxylation is 2. The number of carboxylic acid groups (broad SMARTS) is 1. The molecule has 2 aromatic carbocycles. The molecule has 0 aliphatic heterocycles. The van der Waals surface area contributed by atoms with E-state index in [0.29, 0.717) is 21.3 Å². The summed E-state index contributed by atoms with van der Waals surface area (Å²) in [6, 6.07) is 4.85. The molecule has 0 aliphatic carbocycles. The molecule has 3 heterocycles. The van der Waals surface area contributed by atoms with Crippen molar-refractivity contribution in [2.45, 2.75) is 45.5 Å². The van der Waals surface area contributed by atoms with Crippen LogP contribution in [0, 0.1) is 11.6 Å². The zero-order valence-corrected chi connectivity index (χ0v) is 24.0. The number of nitrogens with zero attached hydrogens (tertiary/aromatic N) is 3. The van der Waals surface area contributed by atoms with Gasteiger partial charge in [-0.15, -0.1) is 11.3 Å². The SMILES string of the molecule is CC(C)(C)OC(=O)n1c(=O)n(-c2c(C(=O)O)n(CCc3cc(F)ccc3F)c3ccc(C(F)(F)F)cc23)c(=O)c2cscc21. The van der Waals surface area contributed by atoms with E-state index in [1.54, 1.807) is 0 Å². The number of carbonyl (C=O) groups excluding carboxylic acids is 1. The second-order valence-electron chi connectivity index (χ2n) is 10.8. The molecule has 0 amide bonds. The number of hydrogen-bond acceptors (Lipinski definition) is 6. The van der Waals surface area contributed by atoms with Gasteiger partial charge in [-0.2, -0.15) is 17.7 Å². The summed E-state index contributed by atoms with van der Waals surface area (Å²) < 4.78 is 76.9. The number of hydrogen-bond donors (Lipinski definition) is 1. The van der Waals surface area contributed by atoms with Gasteiger partial charge in [0.15, 0.2) is 5.69 Å². The highest BCUT2D eigenvalue weighted by Gasteiger charge is 2.34. The molecule has 15 heteroatoms. The van der Waals surface area contributed by atoms with Gasteiger partial charge >= 0.3 is 23.9 Å². The van der Waals surface area contributed by atoms with Gasteiger partial charge in [-0.25, -0.2) is 27.7 Å². The van der Waals surface area contributed by atoms with Crippen LogP contribution in [0.5, 0.6) is 0 Å². The van der Waals surface area contributed by atoms with Crippen molar-refractivity contribution in [1.29, 1.82) is 0 Å². The van der Waals surface area contributed by atoms with Gasteiger partial charge in [-0.1, -0.05) is 0 Å². The van der Waals surface area contributed by atoms with Gasteiger partial charge in [0.05, 0.1) is 27.7 Å². The minimum absolute atomic E-state index is 0.145. The second-order valence-corrected chi connectivity index (χ2v) is 11.5. The number of aromatic nitrogens is 3. The Morgan fingerprint density at radius 1 is 0.955 bits per heavy atom. The van der Waals surface area contributed by atoms with E-state index in [0.717, 1.165) is 40.2 Å². The predicted molar refractivity (Wildman–Crippen MR) is 151 cm³/mol. The predicted octanol–water partition coefficient (Wildman–Crippen LogP) is 6.19. The molecule has 0 spiro atoms. The highest BCUT2D eigenvalue weighted by Crippen LogP contribution is 2.36. The molecule has 0 bridgehead atoms. The third kappa shape index (κ3) is 5.38. The lowest BCUT2D eigenvalue weighted by Crippen LogP contribution is -2.43. The Morgan fingerprint density at radius 3 is 2.30 bits per heavy atom. The van der Waals surface area contributed by atoms with Crippen molar-refractivity contribution in [3.05, 3.63) is 96.5 Å². The zero-order chi connectivity index (χ0) is 32.3. The summed E-state index contributed by atoms with van der Waals surface area (Å²) in [4.78, 5) is 53.6. The molecule has 5 rings (SSSR count). The number of ether oxygens (including phenoxy) is 1. The first-order valence-corrected chi connectivity index (χ1v) is 13.8. The van der Waals surface area contributed by atoms with Crippen LogP contribution in [-0.2, 0) is 23.9 Å². The van der Waals surface area contributed by atoms with Gasteiger partial charge in [0.1, 0.15) is 17.2 Å². The Hall–Kier alpha value is -4.79. The quantitative estimate of drug-likeness (QED) is 0.231. The van der Waals surface area contributed by atoms with Crippen molar-refractivity contribution in [3.8, 4) is 5.69 Å². The van der Waals surface area contributed by atoms with E-state index in [9.17, 15) is 46.2 Å². The number of carboxylic acids is 1. The van der Waals surface area contributed by atoms with Gasteiger partial charge in [-0.05, 0) is 69.2 Å². The van der Waals surface area contributed by atoms with Crippen molar-refractivity contribution < 1.29 is 41.4 Å². The summed E-state index contributed by atoms with van der Waals surface area (Å²) in [5.74, 6) is -3.32. The lowest BCUT2D eigenvalue weighted by Gasteiger charge is -2.20. The third-order valence-electron chi connectivity index (χ3n) is 6.68. The van der Waals surface area contributed by atoms with E-state index >= 15 is 0 Å². The molecule has 0 aliphatic rings. The molecule has 230 valence electrons. The Morgan fingerprint density at radius 2 is 1.66 bits per heavy atom. The number of rotatable bonds is 5. The summed E-state index contributed by atoms with van der Waals surface area (Å²) in [7, 11) is 0. The topological polar surface area (TPSA) is 113 Å². The molecule has 0 saturated heterocycles. The first-order valence-electron chi connectivity index (χ1n) is 12.9. The highest BCUT2D eigenvalue weighted by molar-refractivity contribution is 7.09. The van der Waals surface area contributed by atoms with Crippen LogP contribution < -0.4 is 11.2 Å². The maximum Gasteiger partial charge on any atom is 0.423 e. The molecule has 0 saturated carbocycles. The number of aromatic carboxylic acids is 1. The van der Waals surface area contributed by atoms with Gasteiger partial charge in [0, 0.05) is 22.7 Å². The van der Waals surface area contributed by atoms with Crippen molar-refractivity contribution in [3.63, 3.8) is 0 Å². The summed E-state index contributed by atoms with van der Waals surface area (Å²) >= 11 is 0.945. The van der Waals surface area contributed by atoms with Crippen molar-refractivity contribution in [1.82, 2.24) is 13.7 Å². The lowest BCUT2D eigenvalue weighted by atomic mass is 10.1. The van der Waals surface area contributed by atoms with Gasteiger partial charge in [-0.3, -0.25) is 4.79 Å². The third-order valence-corrected chi connectivity index (χ3v) is 7.41. The molecular weight excluding hydrogens is 613 g/mol. The molecule has 0 atom stereocenters. The van der Waals surface area contributed by atoms with Crippen LogP contribution in [-0.4, -0.2) is 36.5 Å². The molecule has 9 nitrogen and oxygen atoms in total. The average molecular weight is 636 g/mol. The van der Waals surface area contributed by atoms with Gasteiger partial charge < -0.3 is 14.4 Å². The summed E-state index contributed by atoms with van der Waals surface area (Å²) in [6.45, 7) is 4.16. The summed E-state index contributed by atoms with van der Waals surface area (Å²) in [6.07, 6.45) is -6.42. The van der Waals surface area contributed by atoms with Crippen LogP contribution in [0.25, 0.3) is 27.5 Å². The molecule has 0 fully saturated rings. The maximum atomic E-state index is 14.4. The Labute approximate surface area is 247 Å². The maximum absolute atomic E-state index is 14.4. The molecule has 0 radical (unpaired) electrons. The lowest BCUT2D eigenvalue weighted by molar-refractivity contribution is -0.137. The van der Waals surface area contributed by atoms with Crippen LogP contribution in [0.15, 0.2) is 56.7 Å². The minimum Gasteiger partial charge on any atom is -0.477 e. The van der Waals surface area contributed by atoms with Crippen molar-refractivity contribution in [2.24, 2.45) is 0 Å². The minimum atomic E-state index is -4.90. The van der Waals surface area contributed by atoms with Crippen LogP contribution in [0.1, 0.15) is 42.4 Å². The fourth-order valence-electron chi connectivity index (χ4n) is 4.87. The van der Waals surface area contributed by atoms with Crippen LogP contribution in [0.4, 0.5) is 26.7 Å². The Balaban J connectivity index is 1.88. The molecule has 1 N–H and O–H groups in total. The first kappa shape index (κ1) is 30.7. The molecule has 44 heavy (non-hydrogen) atoms. The fourth-order valence-corrected chi connectivity index (χ4v) is 5.66. The van der Waals surface area contributed by atoms with E-state index in [1.165, 1.54) is 31.5 Å². The Kier molecular flexibility index (Phi) is 7.48. The van der Waals surface area contributed by atoms with E-state index < -0.39 is 75.6 Å². The number of alkyl halides is 3. The number of halogens is 5. The van der Waals surface area contributed by atoms with Crippen molar-refractivity contribution >= 4 is 45.2 Å². The summed E-state index contributed by atoms with van der Waals surface area (Å²) in [5, 5.41) is 12.3. The largest absolute Gasteiger partial charge is 0.477 e. The standard InChI is InChI=1S/C29H22F5N3O6S/c1-28(2,3)43-27(42)36-21-13-44-12-18(21)24(38)37(26(36)41)22-17-11-15(29(32,33)34)4-7-20(17)35(23(22)25(39)40)9-8-14-10-16(30)5-6-19(14)31/h4-7,10-13H,8-9H2,1-3H3,(H,39,40). The number of fused-ring (bicyclic) bond motifs is 2. The van der Waals surface area contributed by atoms with Crippen LogP contribution in [0.3, 0.4) is 0 Å². The van der Waals surface area contributed by atoms with E-state index in [1.807, 2.05) is 0 Å². The van der Waals surface area contributed by atoms with Gasteiger partial charge in [0.25, 0.3) is 5.56 Å².